The summed E-state index contributed by atoms with van der Waals surface area (Å²) in [6.45, 7) is 4.68. The van der Waals surface area contributed by atoms with Crippen LogP contribution in [0.25, 0.3) is 0 Å². The molecule has 9 heteroatoms. The molecule has 0 fully saturated rings. The normalized spacial score (nSPS) is 11.7. The number of anilines is 1. The van der Waals surface area contributed by atoms with Crippen molar-refractivity contribution in [2.45, 2.75) is 26.4 Å². The molecule has 2 rings (SSSR count). The second-order valence-electron chi connectivity index (χ2n) is 6.64. The molecule has 0 aliphatic carbocycles. The van der Waals surface area contributed by atoms with Crippen LogP contribution in [-0.2, 0) is 11.3 Å². The lowest BCUT2D eigenvalue weighted by Gasteiger charge is -2.24. The highest BCUT2D eigenvalue weighted by Crippen LogP contribution is 2.30. The maximum Gasteiger partial charge on any atom is 0.271 e. The van der Waals surface area contributed by atoms with Crippen molar-refractivity contribution in [2.24, 2.45) is 0 Å². The summed E-state index contributed by atoms with van der Waals surface area (Å²) in [5.41, 5.74) is 1.07. The highest BCUT2D eigenvalue weighted by atomic mass is 16.6. The zero-order valence-electron chi connectivity index (χ0n) is 17.8. The van der Waals surface area contributed by atoms with Gasteiger partial charge in [-0.05, 0) is 44.7 Å². The third-order valence-corrected chi connectivity index (χ3v) is 4.65. The topological polar surface area (TPSA) is 103 Å². The van der Waals surface area contributed by atoms with Crippen LogP contribution in [0.15, 0.2) is 36.4 Å². The monoisotopic (exact) mass is 417 g/mol. The molecule has 0 aromatic heterocycles. The molecule has 0 saturated carbocycles. The summed E-state index contributed by atoms with van der Waals surface area (Å²) in [4.78, 5) is 25.1. The Labute approximate surface area is 175 Å². The highest BCUT2D eigenvalue weighted by Gasteiger charge is 2.21. The van der Waals surface area contributed by atoms with Crippen LogP contribution < -0.4 is 19.5 Å². The van der Waals surface area contributed by atoms with Gasteiger partial charge in [-0.25, -0.2) is 0 Å². The first-order valence-corrected chi connectivity index (χ1v) is 9.43. The molecule has 1 amide bonds. The van der Waals surface area contributed by atoms with E-state index in [1.165, 1.54) is 25.3 Å². The third kappa shape index (κ3) is 5.60. The Hall–Kier alpha value is -3.33. The minimum atomic E-state index is -0.524. The fourth-order valence-corrected chi connectivity index (χ4v) is 2.85. The number of hydrogen-bond acceptors (Lipinski definition) is 7. The molecule has 0 radical (unpaired) electrons. The van der Waals surface area contributed by atoms with Gasteiger partial charge in [0.1, 0.15) is 5.75 Å². The van der Waals surface area contributed by atoms with E-state index in [-0.39, 0.29) is 17.3 Å². The Bertz CT molecular complexity index is 902. The zero-order valence-corrected chi connectivity index (χ0v) is 17.8. The number of nitro benzene ring substituents is 1. The first-order valence-electron chi connectivity index (χ1n) is 9.43. The Morgan fingerprint density at radius 3 is 2.40 bits per heavy atom. The second-order valence-corrected chi connectivity index (χ2v) is 6.64. The van der Waals surface area contributed by atoms with Crippen LogP contribution in [0.3, 0.4) is 0 Å². The van der Waals surface area contributed by atoms with Gasteiger partial charge < -0.3 is 19.5 Å². The van der Waals surface area contributed by atoms with E-state index in [0.29, 0.717) is 30.4 Å². The molecule has 1 N–H and O–H groups in total. The molecule has 0 aliphatic heterocycles. The Balaban J connectivity index is 2.11. The first kappa shape index (κ1) is 23.0. The van der Waals surface area contributed by atoms with E-state index in [1.807, 2.05) is 37.1 Å². The predicted octanol–water partition coefficient (Wildman–Crippen LogP) is 3.47. The number of carbonyl (C=O) groups is 1. The average Bonchev–Trinajstić information content (AvgIpc) is 2.74. The Morgan fingerprint density at radius 2 is 1.80 bits per heavy atom. The van der Waals surface area contributed by atoms with Crippen LogP contribution in [0.2, 0.25) is 0 Å². The van der Waals surface area contributed by atoms with Crippen molar-refractivity contribution < 1.29 is 23.9 Å². The molecule has 30 heavy (non-hydrogen) atoms. The van der Waals surface area contributed by atoms with E-state index >= 15 is 0 Å². The van der Waals surface area contributed by atoms with E-state index < -0.39 is 11.0 Å². The number of nitrogens with zero attached hydrogens (tertiary/aromatic N) is 2. The standard InChI is InChI=1S/C21H27N3O6/c1-6-30-19-9-7-15(11-20(19)29-5)13-23(3)14(2)21(25)22-17-12-16(24(26)27)8-10-18(17)28-4/h7-12,14H,6,13H2,1-5H3,(H,22,25)/t14-/m1/s1. The third-order valence-electron chi connectivity index (χ3n) is 4.65. The largest absolute Gasteiger partial charge is 0.495 e. The summed E-state index contributed by atoms with van der Waals surface area (Å²) >= 11 is 0. The van der Waals surface area contributed by atoms with Crippen molar-refractivity contribution in [1.29, 1.82) is 0 Å². The highest BCUT2D eigenvalue weighted by molar-refractivity contribution is 5.96. The number of carbonyl (C=O) groups excluding carboxylic acids is 1. The van der Waals surface area contributed by atoms with Gasteiger partial charge in [0.2, 0.25) is 5.91 Å². The number of amides is 1. The number of methoxy groups -OCH3 is 2. The lowest BCUT2D eigenvalue weighted by molar-refractivity contribution is -0.384. The van der Waals surface area contributed by atoms with Crippen molar-refractivity contribution >= 4 is 17.3 Å². The second kappa shape index (κ2) is 10.4. The lowest BCUT2D eigenvalue weighted by atomic mass is 10.1. The number of benzene rings is 2. The molecule has 162 valence electrons. The summed E-state index contributed by atoms with van der Waals surface area (Å²) in [7, 11) is 4.83. The van der Waals surface area contributed by atoms with Gasteiger partial charge >= 0.3 is 0 Å². The Kier molecular flexibility index (Phi) is 7.99. The van der Waals surface area contributed by atoms with Gasteiger partial charge in [-0.1, -0.05) is 6.07 Å². The molecule has 0 aliphatic rings. The number of rotatable bonds is 10. The maximum atomic E-state index is 12.7. The lowest BCUT2D eigenvalue weighted by Crippen LogP contribution is -2.39. The van der Waals surface area contributed by atoms with Crippen LogP contribution in [0.1, 0.15) is 19.4 Å². The van der Waals surface area contributed by atoms with Crippen molar-refractivity contribution in [2.75, 3.05) is 33.2 Å². The number of likely N-dealkylation sites (N-methyl/N-ethyl adjacent to an activating group) is 1. The summed E-state index contributed by atoms with van der Waals surface area (Å²) < 4.78 is 16.1. The number of nitro groups is 1. The zero-order chi connectivity index (χ0) is 22.3. The molecule has 0 bridgehead atoms. The van der Waals surface area contributed by atoms with Crippen molar-refractivity contribution in [3.63, 3.8) is 0 Å². The number of non-ortho nitro benzene ring substituents is 1. The van der Waals surface area contributed by atoms with Gasteiger partial charge in [-0.15, -0.1) is 0 Å². The quantitative estimate of drug-likeness (QED) is 0.466. The van der Waals surface area contributed by atoms with Crippen LogP contribution >= 0.6 is 0 Å². The SMILES string of the molecule is CCOc1ccc(CN(C)[C@H](C)C(=O)Nc2cc([N+](=O)[O-])ccc2OC)cc1OC. The molecule has 9 nitrogen and oxygen atoms in total. The van der Waals surface area contributed by atoms with Crippen molar-refractivity contribution in [3.05, 3.63) is 52.1 Å². The molecule has 0 heterocycles. The van der Waals surface area contributed by atoms with E-state index in [4.69, 9.17) is 14.2 Å². The number of hydrogen-bond donors (Lipinski definition) is 1. The minimum Gasteiger partial charge on any atom is -0.495 e. The average molecular weight is 417 g/mol. The van der Waals surface area contributed by atoms with Gasteiger partial charge in [0.05, 0.1) is 37.5 Å². The fraction of sp³-hybridized carbons (Fsp3) is 0.381. The van der Waals surface area contributed by atoms with Crippen molar-refractivity contribution in [3.8, 4) is 17.2 Å². The van der Waals surface area contributed by atoms with Gasteiger partial charge in [0.15, 0.2) is 11.5 Å². The first-order chi connectivity index (χ1) is 14.3. The maximum absolute atomic E-state index is 12.7. The fourth-order valence-electron chi connectivity index (χ4n) is 2.85. The summed E-state index contributed by atoms with van der Waals surface area (Å²) in [6.07, 6.45) is 0. The molecule has 2 aromatic rings. The van der Waals surface area contributed by atoms with E-state index in [2.05, 4.69) is 5.32 Å². The van der Waals surface area contributed by atoms with Crippen LogP contribution in [0, 0.1) is 10.1 Å². The molecular weight excluding hydrogens is 390 g/mol. The molecule has 0 unspecified atom stereocenters. The van der Waals surface area contributed by atoms with Crippen molar-refractivity contribution in [1.82, 2.24) is 4.90 Å². The van der Waals surface area contributed by atoms with E-state index in [9.17, 15) is 14.9 Å². The smallest absolute Gasteiger partial charge is 0.271 e. The molecule has 2 aromatic carbocycles. The molecular formula is C21H27N3O6. The minimum absolute atomic E-state index is 0.131. The molecule has 0 saturated heterocycles. The number of ether oxygens (including phenoxy) is 3. The summed E-state index contributed by atoms with van der Waals surface area (Å²) in [6, 6.07) is 9.17. The van der Waals surface area contributed by atoms with Crippen LogP contribution in [0.4, 0.5) is 11.4 Å². The van der Waals surface area contributed by atoms with E-state index in [1.54, 1.807) is 14.0 Å². The predicted molar refractivity (Wildman–Crippen MR) is 113 cm³/mol. The molecule has 0 spiro atoms. The Morgan fingerprint density at radius 1 is 1.13 bits per heavy atom. The summed E-state index contributed by atoms with van der Waals surface area (Å²) in [5, 5.41) is 13.7. The van der Waals surface area contributed by atoms with Gasteiger partial charge in [0.25, 0.3) is 5.69 Å². The molecule has 1 atom stereocenters. The van der Waals surface area contributed by atoms with Gasteiger partial charge in [-0.2, -0.15) is 0 Å². The van der Waals surface area contributed by atoms with Gasteiger partial charge in [0, 0.05) is 18.7 Å². The van der Waals surface area contributed by atoms with Gasteiger partial charge in [-0.3, -0.25) is 19.8 Å². The van der Waals surface area contributed by atoms with Crippen LogP contribution in [-0.4, -0.2) is 49.6 Å². The summed E-state index contributed by atoms with van der Waals surface area (Å²) in [5.74, 6) is 1.32. The number of nitrogens with one attached hydrogen (secondary N) is 1. The van der Waals surface area contributed by atoms with E-state index in [0.717, 1.165) is 5.56 Å². The van der Waals surface area contributed by atoms with Crippen LogP contribution in [0.5, 0.6) is 17.2 Å².